The van der Waals surface area contributed by atoms with E-state index in [-0.39, 0.29) is 23.7 Å². The average Bonchev–Trinajstić information content (AvgIpc) is 2.65. The molecule has 1 aromatic heterocycles. The molecule has 6 nitrogen and oxygen atoms in total. The Balaban J connectivity index is 2.17. The Morgan fingerprint density at radius 2 is 2.38 bits per heavy atom. The molecule has 0 bridgehead atoms. The maximum absolute atomic E-state index is 10.7. The van der Waals surface area contributed by atoms with Gasteiger partial charge in [0.1, 0.15) is 6.10 Å². The van der Waals surface area contributed by atoms with Gasteiger partial charge in [0.15, 0.2) is 0 Å². The van der Waals surface area contributed by atoms with Crippen LogP contribution in [0.2, 0.25) is 0 Å². The summed E-state index contributed by atoms with van der Waals surface area (Å²) in [6.07, 6.45) is 4.03. The molecule has 1 heterocycles. The van der Waals surface area contributed by atoms with Gasteiger partial charge in [-0.25, -0.2) is 4.98 Å². The van der Waals surface area contributed by atoms with Crippen LogP contribution in [0.25, 0.3) is 0 Å². The first-order valence-electron chi connectivity index (χ1n) is 5.20. The lowest BCUT2D eigenvalue weighted by Crippen LogP contribution is -2.33. The number of nitrogens with two attached hydrogens (primary N) is 1. The fourth-order valence-electron chi connectivity index (χ4n) is 1.86. The van der Waals surface area contributed by atoms with E-state index >= 15 is 0 Å². The van der Waals surface area contributed by atoms with Crippen LogP contribution >= 0.6 is 0 Å². The van der Waals surface area contributed by atoms with E-state index < -0.39 is 4.92 Å². The molecule has 6 heteroatoms. The molecule has 0 aliphatic heterocycles. The van der Waals surface area contributed by atoms with Crippen molar-refractivity contribution in [1.29, 1.82) is 0 Å². The zero-order chi connectivity index (χ0) is 11.5. The van der Waals surface area contributed by atoms with Gasteiger partial charge in [-0.05, 0) is 25.3 Å². The van der Waals surface area contributed by atoms with Crippen LogP contribution < -0.4 is 10.5 Å². The van der Waals surface area contributed by atoms with Crippen LogP contribution in [0, 0.1) is 10.1 Å². The van der Waals surface area contributed by atoms with Gasteiger partial charge in [-0.2, -0.15) is 0 Å². The van der Waals surface area contributed by atoms with Crippen molar-refractivity contribution >= 4 is 5.69 Å². The lowest BCUT2D eigenvalue weighted by Gasteiger charge is -2.16. The van der Waals surface area contributed by atoms with Crippen molar-refractivity contribution in [3.63, 3.8) is 0 Å². The maximum Gasteiger partial charge on any atom is 0.330 e. The van der Waals surface area contributed by atoms with Crippen LogP contribution in [0.15, 0.2) is 18.3 Å². The molecule has 1 aliphatic rings. The summed E-state index contributed by atoms with van der Waals surface area (Å²) < 4.78 is 5.50. The zero-order valence-electron chi connectivity index (χ0n) is 8.70. The Kier molecular flexibility index (Phi) is 3.00. The molecule has 0 spiro atoms. The van der Waals surface area contributed by atoms with E-state index in [1.54, 1.807) is 0 Å². The van der Waals surface area contributed by atoms with Crippen molar-refractivity contribution in [2.24, 2.45) is 5.73 Å². The molecule has 0 aromatic carbocycles. The van der Waals surface area contributed by atoms with Crippen molar-refractivity contribution in [3.8, 4) is 5.88 Å². The summed E-state index contributed by atoms with van der Waals surface area (Å²) in [6, 6.07) is 2.84. The van der Waals surface area contributed by atoms with E-state index in [2.05, 4.69) is 4.98 Å². The van der Waals surface area contributed by atoms with E-state index in [1.807, 2.05) is 0 Å². The molecule has 2 unspecified atom stereocenters. The first kappa shape index (κ1) is 10.8. The van der Waals surface area contributed by atoms with Crippen LogP contribution in [0.3, 0.4) is 0 Å². The Morgan fingerprint density at radius 3 is 3.00 bits per heavy atom. The smallest absolute Gasteiger partial charge is 0.330 e. The number of aromatic nitrogens is 1. The number of nitrogens with zero attached hydrogens (tertiary/aromatic N) is 2. The van der Waals surface area contributed by atoms with Gasteiger partial charge < -0.3 is 10.5 Å². The molecule has 2 atom stereocenters. The molecular weight excluding hydrogens is 210 g/mol. The van der Waals surface area contributed by atoms with Crippen LogP contribution in [-0.2, 0) is 0 Å². The first-order chi connectivity index (χ1) is 7.68. The van der Waals surface area contributed by atoms with E-state index in [0.29, 0.717) is 0 Å². The average molecular weight is 223 g/mol. The predicted molar refractivity (Wildman–Crippen MR) is 57.1 cm³/mol. The standard InChI is InChI=1S/C10H13N3O3/c11-7-3-1-5-9(7)16-10-8(13(14)15)4-2-6-12-10/h2,4,6-7,9H,1,3,5,11H2. The Labute approximate surface area is 92.6 Å². The molecule has 86 valence electrons. The minimum atomic E-state index is -0.497. The fraction of sp³-hybridized carbons (Fsp3) is 0.500. The van der Waals surface area contributed by atoms with E-state index in [1.165, 1.54) is 18.3 Å². The van der Waals surface area contributed by atoms with E-state index in [9.17, 15) is 10.1 Å². The normalized spacial score (nSPS) is 24.3. The molecule has 0 saturated heterocycles. The van der Waals surface area contributed by atoms with Crippen LogP contribution in [0.4, 0.5) is 5.69 Å². The highest BCUT2D eigenvalue weighted by molar-refractivity contribution is 5.39. The number of ether oxygens (including phenoxy) is 1. The van der Waals surface area contributed by atoms with Crippen molar-refractivity contribution in [1.82, 2.24) is 4.98 Å². The fourth-order valence-corrected chi connectivity index (χ4v) is 1.86. The first-order valence-corrected chi connectivity index (χ1v) is 5.20. The van der Waals surface area contributed by atoms with E-state index in [0.717, 1.165) is 19.3 Å². The number of hydrogen-bond donors (Lipinski definition) is 1. The molecule has 2 N–H and O–H groups in total. The molecule has 0 amide bonds. The lowest BCUT2D eigenvalue weighted by molar-refractivity contribution is -0.386. The largest absolute Gasteiger partial charge is 0.468 e. The van der Waals surface area contributed by atoms with Gasteiger partial charge >= 0.3 is 5.69 Å². The molecule has 1 aliphatic carbocycles. The van der Waals surface area contributed by atoms with Gasteiger partial charge in [0.25, 0.3) is 5.88 Å². The number of rotatable bonds is 3. The summed E-state index contributed by atoms with van der Waals surface area (Å²) >= 11 is 0. The summed E-state index contributed by atoms with van der Waals surface area (Å²) in [5, 5.41) is 10.7. The summed E-state index contributed by atoms with van der Waals surface area (Å²) in [5.41, 5.74) is 5.72. The third-order valence-corrected chi connectivity index (χ3v) is 2.71. The SMILES string of the molecule is NC1CCCC1Oc1ncccc1[N+](=O)[O-]. The highest BCUT2D eigenvalue weighted by Crippen LogP contribution is 2.28. The van der Waals surface area contributed by atoms with Gasteiger partial charge in [0, 0.05) is 18.3 Å². The van der Waals surface area contributed by atoms with Crippen LogP contribution in [0.5, 0.6) is 5.88 Å². The van der Waals surface area contributed by atoms with Crippen molar-refractivity contribution in [2.75, 3.05) is 0 Å². The third-order valence-electron chi connectivity index (χ3n) is 2.71. The minimum Gasteiger partial charge on any atom is -0.468 e. The van der Waals surface area contributed by atoms with Gasteiger partial charge in [0.05, 0.1) is 4.92 Å². The maximum atomic E-state index is 10.7. The molecule has 2 rings (SSSR count). The molecular formula is C10H13N3O3. The van der Waals surface area contributed by atoms with Crippen LogP contribution in [-0.4, -0.2) is 22.1 Å². The van der Waals surface area contributed by atoms with Crippen molar-refractivity contribution < 1.29 is 9.66 Å². The van der Waals surface area contributed by atoms with Gasteiger partial charge in [-0.15, -0.1) is 0 Å². The highest BCUT2D eigenvalue weighted by atomic mass is 16.6. The monoisotopic (exact) mass is 223 g/mol. The molecule has 16 heavy (non-hydrogen) atoms. The number of hydrogen-bond acceptors (Lipinski definition) is 5. The lowest BCUT2D eigenvalue weighted by atomic mass is 10.2. The number of pyridine rings is 1. The quantitative estimate of drug-likeness (QED) is 0.615. The molecule has 1 aromatic rings. The second kappa shape index (κ2) is 4.44. The van der Waals surface area contributed by atoms with Gasteiger partial charge in [-0.3, -0.25) is 10.1 Å². The number of nitro groups is 1. The van der Waals surface area contributed by atoms with Crippen LogP contribution in [0.1, 0.15) is 19.3 Å². The van der Waals surface area contributed by atoms with Gasteiger partial charge in [-0.1, -0.05) is 0 Å². The second-order valence-corrected chi connectivity index (χ2v) is 3.84. The summed E-state index contributed by atoms with van der Waals surface area (Å²) in [7, 11) is 0. The predicted octanol–water partition coefficient (Wildman–Crippen LogP) is 1.25. The highest BCUT2D eigenvalue weighted by Gasteiger charge is 2.28. The van der Waals surface area contributed by atoms with Crippen molar-refractivity contribution in [2.45, 2.75) is 31.4 Å². The Morgan fingerprint density at radius 1 is 1.56 bits per heavy atom. The zero-order valence-corrected chi connectivity index (χ0v) is 8.70. The molecule has 1 saturated carbocycles. The van der Waals surface area contributed by atoms with Crippen molar-refractivity contribution in [3.05, 3.63) is 28.4 Å². The summed E-state index contributed by atoms with van der Waals surface area (Å²) in [5.74, 6) is 0.0647. The topological polar surface area (TPSA) is 91.3 Å². The Hall–Kier alpha value is -1.69. The molecule has 1 fully saturated rings. The summed E-state index contributed by atoms with van der Waals surface area (Å²) in [6.45, 7) is 0. The molecule has 0 radical (unpaired) electrons. The second-order valence-electron chi connectivity index (χ2n) is 3.84. The Bertz CT molecular complexity index is 397. The van der Waals surface area contributed by atoms with E-state index in [4.69, 9.17) is 10.5 Å². The van der Waals surface area contributed by atoms with Gasteiger partial charge in [0.2, 0.25) is 0 Å². The summed E-state index contributed by atoms with van der Waals surface area (Å²) in [4.78, 5) is 14.1. The minimum absolute atomic E-state index is 0.0541. The third kappa shape index (κ3) is 2.11.